The summed E-state index contributed by atoms with van der Waals surface area (Å²) < 4.78 is 10.7. The molecule has 5 nitrogen and oxygen atoms in total. The lowest BCUT2D eigenvalue weighted by atomic mass is 10.1. The first-order valence-corrected chi connectivity index (χ1v) is 6.96. The number of aromatic nitrogens is 2. The Morgan fingerprint density at radius 2 is 2.20 bits per heavy atom. The molecule has 1 saturated carbocycles. The second kappa shape index (κ2) is 5.63. The van der Waals surface area contributed by atoms with Crippen molar-refractivity contribution in [3.63, 3.8) is 0 Å². The van der Waals surface area contributed by atoms with E-state index in [1.165, 1.54) is 0 Å². The highest BCUT2D eigenvalue weighted by Gasteiger charge is 2.27. The van der Waals surface area contributed by atoms with Crippen LogP contribution in [0.1, 0.15) is 42.5 Å². The largest absolute Gasteiger partial charge is 0.496 e. The van der Waals surface area contributed by atoms with E-state index >= 15 is 0 Å². The van der Waals surface area contributed by atoms with Crippen LogP contribution < -0.4 is 10.5 Å². The third-order valence-corrected chi connectivity index (χ3v) is 3.85. The van der Waals surface area contributed by atoms with Crippen LogP contribution in [-0.4, -0.2) is 23.3 Å². The summed E-state index contributed by atoms with van der Waals surface area (Å²) >= 11 is 0. The SMILES string of the molecule is COc1ccccc1Cc1noc(C2CCC(N)C2)n1. The molecule has 106 valence electrons. The number of ether oxygens (including phenoxy) is 1. The van der Waals surface area contributed by atoms with Crippen molar-refractivity contribution in [2.75, 3.05) is 7.11 Å². The molecule has 0 bridgehead atoms. The molecule has 1 heterocycles. The highest BCUT2D eigenvalue weighted by Crippen LogP contribution is 2.32. The third-order valence-electron chi connectivity index (χ3n) is 3.85. The molecule has 0 saturated heterocycles. The van der Waals surface area contributed by atoms with Crippen molar-refractivity contribution in [1.82, 2.24) is 10.1 Å². The van der Waals surface area contributed by atoms with E-state index < -0.39 is 0 Å². The van der Waals surface area contributed by atoms with Gasteiger partial charge in [0.05, 0.1) is 7.11 Å². The fourth-order valence-corrected chi connectivity index (χ4v) is 2.77. The van der Waals surface area contributed by atoms with Gasteiger partial charge in [0.1, 0.15) is 5.75 Å². The third kappa shape index (κ3) is 2.67. The minimum Gasteiger partial charge on any atom is -0.496 e. The summed E-state index contributed by atoms with van der Waals surface area (Å²) in [5.41, 5.74) is 6.98. The van der Waals surface area contributed by atoms with Crippen molar-refractivity contribution < 1.29 is 9.26 Å². The fraction of sp³-hybridized carbons (Fsp3) is 0.467. The van der Waals surface area contributed by atoms with Crippen molar-refractivity contribution in [2.24, 2.45) is 5.73 Å². The average Bonchev–Trinajstić information content (AvgIpc) is 3.08. The van der Waals surface area contributed by atoms with Gasteiger partial charge in [-0.3, -0.25) is 0 Å². The van der Waals surface area contributed by atoms with Crippen LogP contribution in [-0.2, 0) is 6.42 Å². The lowest BCUT2D eigenvalue weighted by Gasteiger charge is -2.05. The molecular formula is C15H19N3O2. The summed E-state index contributed by atoms with van der Waals surface area (Å²) in [6.07, 6.45) is 3.63. The van der Waals surface area contributed by atoms with Gasteiger partial charge in [0.2, 0.25) is 5.89 Å². The number of hydrogen-bond acceptors (Lipinski definition) is 5. The van der Waals surface area contributed by atoms with Gasteiger partial charge in [0.25, 0.3) is 0 Å². The molecule has 1 aromatic carbocycles. The van der Waals surface area contributed by atoms with E-state index in [1.807, 2.05) is 24.3 Å². The summed E-state index contributed by atoms with van der Waals surface area (Å²) in [5.74, 6) is 2.60. The average molecular weight is 273 g/mol. The molecule has 1 aliphatic carbocycles. The molecule has 1 aliphatic rings. The molecular weight excluding hydrogens is 254 g/mol. The van der Waals surface area contributed by atoms with Crippen LogP contribution in [0.15, 0.2) is 28.8 Å². The minimum absolute atomic E-state index is 0.268. The van der Waals surface area contributed by atoms with Crippen molar-refractivity contribution in [3.8, 4) is 5.75 Å². The quantitative estimate of drug-likeness (QED) is 0.925. The van der Waals surface area contributed by atoms with E-state index in [0.29, 0.717) is 18.2 Å². The zero-order valence-corrected chi connectivity index (χ0v) is 11.6. The molecule has 20 heavy (non-hydrogen) atoms. The Bertz CT molecular complexity index is 582. The number of para-hydroxylation sites is 1. The molecule has 0 aliphatic heterocycles. The number of nitrogens with two attached hydrogens (primary N) is 1. The highest BCUT2D eigenvalue weighted by atomic mass is 16.5. The van der Waals surface area contributed by atoms with Gasteiger partial charge >= 0.3 is 0 Å². The van der Waals surface area contributed by atoms with E-state index in [0.717, 1.165) is 36.5 Å². The van der Waals surface area contributed by atoms with Gasteiger partial charge < -0.3 is 15.0 Å². The van der Waals surface area contributed by atoms with Crippen LogP contribution in [0.4, 0.5) is 0 Å². The molecule has 2 aromatic rings. The molecule has 2 N–H and O–H groups in total. The molecule has 1 fully saturated rings. The van der Waals surface area contributed by atoms with Gasteiger partial charge in [0, 0.05) is 23.9 Å². The zero-order chi connectivity index (χ0) is 13.9. The van der Waals surface area contributed by atoms with Crippen LogP contribution in [0.3, 0.4) is 0 Å². The van der Waals surface area contributed by atoms with Crippen molar-refractivity contribution in [1.29, 1.82) is 0 Å². The Morgan fingerprint density at radius 1 is 1.35 bits per heavy atom. The Labute approximate surface area is 118 Å². The first-order chi connectivity index (χ1) is 9.76. The lowest BCUT2D eigenvalue weighted by Crippen LogP contribution is -2.14. The van der Waals surface area contributed by atoms with E-state index in [2.05, 4.69) is 10.1 Å². The lowest BCUT2D eigenvalue weighted by molar-refractivity contribution is 0.349. The first-order valence-electron chi connectivity index (χ1n) is 6.96. The minimum atomic E-state index is 0.268. The molecule has 1 aromatic heterocycles. The van der Waals surface area contributed by atoms with Gasteiger partial charge in [0.15, 0.2) is 5.82 Å². The standard InChI is InChI=1S/C15H19N3O2/c1-19-13-5-3-2-4-10(13)9-14-17-15(20-18-14)11-6-7-12(16)8-11/h2-5,11-12H,6-9,16H2,1H3. The number of benzene rings is 1. The predicted octanol–water partition coefficient (Wildman–Crippen LogP) is 2.26. The number of methoxy groups -OCH3 is 1. The first kappa shape index (κ1) is 13.1. The number of hydrogen-bond donors (Lipinski definition) is 1. The Balaban J connectivity index is 1.74. The Kier molecular flexibility index (Phi) is 3.69. The summed E-state index contributed by atoms with van der Waals surface area (Å²) in [5, 5.41) is 4.07. The molecule has 2 atom stereocenters. The maximum atomic E-state index is 5.92. The van der Waals surface area contributed by atoms with Crippen LogP contribution in [0, 0.1) is 0 Å². The summed E-state index contributed by atoms with van der Waals surface area (Å²) in [7, 11) is 1.67. The summed E-state index contributed by atoms with van der Waals surface area (Å²) in [6.45, 7) is 0. The fourth-order valence-electron chi connectivity index (χ4n) is 2.77. The van der Waals surface area contributed by atoms with Crippen LogP contribution in [0.5, 0.6) is 5.75 Å². The Hall–Kier alpha value is -1.88. The molecule has 0 amide bonds. The van der Waals surface area contributed by atoms with Gasteiger partial charge in [-0.05, 0) is 25.3 Å². The molecule has 5 heteroatoms. The van der Waals surface area contributed by atoms with E-state index in [1.54, 1.807) is 7.11 Å². The monoisotopic (exact) mass is 273 g/mol. The van der Waals surface area contributed by atoms with Gasteiger partial charge in [-0.25, -0.2) is 0 Å². The number of rotatable bonds is 4. The van der Waals surface area contributed by atoms with Gasteiger partial charge in [-0.2, -0.15) is 4.98 Å². The van der Waals surface area contributed by atoms with E-state index in [-0.39, 0.29) is 6.04 Å². The molecule has 0 radical (unpaired) electrons. The summed E-state index contributed by atoms with van der Waals surface area (Å²) in [6, 6.07) is 8.15. The predicted molar refractivity (Wildman–Crippen MR) is 74.7 cm³/mol. The van der Waals surface area contributed by atoms with Gasteiger partial charge in [-0.15, -0.1) is 0 Å². The number of nitrogens with zero attached hydrogens (tertiary/aromatic N) is 2. The van der Waals surface area contributed by atoms with Crippen LogP contribution in [0.2, 0.25) is 0 Å². The highest BCUT2D eigenvalue weighted by molar-refractivity contribution is 5.35. The molecule has 0 spiro atoms. The van der Waals surface area contributed by atoms with E-state index in [4.69, 9.17) is 15.0 Å². The maximum Gasteiger partial charge on any atom is 0.229 e. The second-order valence-electron chi connectivity index (χ2n) is 5.31. The zero-order valence-electron chi connectivity index (χ0n) is 11.6. The van der Waals surface area contributed by atoms with Crippen molar-refractivity contribution >= 4 is 0 Å². The normalized spacial score (nSPS) is 22.1. The molecule has 3 rings (SSSR count). The maximum absolute atomic E-state index is 5.92. The van der Waals surface area contributed by atoms with E-state index in [9.17, 15) is 0 Å². The van der Waals surface area contributed by atoms with Crippen molar-refractivity contribution in [3.05, 3.63) is 41.5 Å². The topological polar surface area (TPSA) is 74.2 Å². The van der Waals surface area contributed by atoms with Crippen molar-refractivity contribution in [2.45, 2.75) is 37.6 Å². The van der Waals surface area contributed by atoms with Gasteiger partial charge in [-0.1, -0.05) is 23.4 Å². The van der Waals surface area contributed by atoms with Crippen LogP contribution >= 0.6 is 0 Å². The molecule has 2 unspecified atom stereocenters. The smallest absolute Gasteiger partial charge is 0.229 e. The summed E-state index contributed by atoms with van der Waals surface area (Å²) in [4.78, 5) is 4.51. The van der Waals surface area contributed by atoms with Crippen LogP contribution in [0.25, 0.3) is 0 Å². The second-order valence-corrected chi connectivity index (χ2v) is 5.31. The Morgan fingerprint density at radius 3 is 2.95 bits per heavy atom.